The summed E-state index contributed by atoms with van der Waals surface area (Å²) in [6.45, 7) is 1.13. The minimum absolute atomic E-state index is 0.0831. The number of nitrogens with one attached hydrogen (secondary N) is 2. The lowest BCUT2D eigenvalue weighted by Gasteiger charge is -2.05. The van der Waals surface area contributed by atoms with Crippen LogP contribution in [0.1, 0.15) is 16.7 Å². The maximum Gasteiger partial charge on any atom is 0.230 e. The van der Waals surface area contributed by atoms with E-state index in [1.165, 1.54) is 46.2 Å². The van der Waals surface area contributed by atoms with Crippen molar-refractivity contribution in [3.05, 3.63) is 77.4 Å². The molecule has 0 aliphatic carbocycles. The lowest BCUT2D eigenvalue weighted by Crippen LogP contribution is -2.27. The molecule has 0 atom stereocenters. The number of thioether (sulfide) groups is 2. The maximum absolute atomic E-state index is 12.1. The van der Waals surface area contributed by atoms with E-state index in [0.29, 0.717) is 27.9 Å². The Labute approximate surface area is 206 Å². The lowest BCUT2D eigenvalue weighted by atomic mass is 10.1. The van der Waals surface area contributed by atoms with Gasteiger partial charge >= 0.3 is 0 Å². The van der Waals surface area contributed by atoms with E-state index in [0.717, 1.165) is 12.8 Å². The predicted octanol–water partition coefficient (Wildman–Crippen LogP) is 3.92. The Morgan fingerprint density at radius 1 is 0.848 bits per heavy atom. The Kier molecular flexibility index (Phi) is 10.3. The summed E-state index contributed by atoms with van der Waals surface area (Å²) in [4.78, 5) is 24.3. The Hall–Kier alpha value is -2.80. The minimum atomic E-state index is -0.0974. The van der Waals surface area contributed by atoms with E-state index in [1.807, 2.05) is 60.7 Å². The highest BCUT2D eigenvalue weighted by Gasteiger charge is 2.17. The molecule has 9 heteroatoms. The number of amides is 2. The molecule has 0 fully saturated rings. The molecule has 170 valence electrons. The van der Waals surface area contributed by atoms with Gasteiger partial charge in [-0.15, -0.1) is 11.8 Å². The molecular weight excluding hydrogens is 472 g/mol. The van der Waals surface area contributed by atoms with E-state index >= 15 is 0 Å². The second-order valence-corrected chi connectivity index (χ2v) is 9.99. The van der Waals surface area contributed by atoms with Gasteiger partial charge in [-0.25, -0.2) is 0 Å². The number of nitrogens with zero attached hydrogens (tertiary/aromatic N) is 2. The fourth-order valence-corrected chi connectivity index (χ4v) is 5.66. The van der Waals surface area contributed by atoms with E-state index < -0.39 is 0 Å². The molecule has 0 saturated heterocycles. The second kappa shape index (κ2) is 13.7. The van der Waals surface area contributed by atoms with E-state index in [1.54, 1.807) is 0 Å². The molecule has 2 amide bonds. The number of aromatic nitrogens is 1. The van der Waals surface area contributed by atoms with Crippen LogP contribution in [0.4, 0.5) is 0 Å². The summed E-state index contributed by atoms with van der Waals surface area (Å²) < 4.78 is 5.01. The Balaban J connectivity index is 1.38. The summed E-state index contributed by atoms with van der Waals surface area (Å²) in [5, 5.41) is 15.9. The number of hydrogen-bond donors (Lipinski definition) is 2. The summed E-state index contributed by atoms with van der Waals surface area (Å²) in [5.74, 6) is 0.229. The van der Waals surface area contributed by atoms with Crippen molar-refractivity contribution in [1.82, 2.24) is 15.0 Å². The minimum Gasteiger partial charge on any atom is -0.355 e. The van der Waals surface area contributed by atoms with Gasteiger partial charge in [0.1, 0.15) is 20.9 Å². The van der Waals surface area contributed by atoms with Gasteiger partial charge in [0.15, 0.2) is 0 Å². The molecule has 0 unspecified atom stereocenters. The first-order valence-electron chi connectivity index (χ1n) is 10.4. The third-order valence-electron chi connectivity index (χ3n) is 4.57. The van der Waals surface area contributed by atoms with Crippen LogP contribution in [0.2, 0.25) is 0 Å². The van der Waals surface area contributed by atoms with Crippen molar-refractivity contribution in [3.8, 4) is 6.07 Å². The molecular formula is C24H24N4O2S3. The molecule has 0 aliphatic rings. The van der Waals surface area contributed by atoms with Gasteiger partial charge in [-0.2, -0.15) is 9.64 Å². The summed E-state index contributed by atoms with van der Waals surface area (Å²) in [7, 11) is 0. The summed E-state index contributed by atoms with van der Waals surface area (Å²) in [6, 6.07) is 22.1. The number of carbonyl (C=O) groups excluding carboxylic acids is 2. The molecule has 0 radical (unpaired) electrons. The topological polar surface area (TPSA) is 94.9 Å². The van der Waals surface area contributed by atoms with Crippen molar-refractivity contribution in [2.24, 2.45) is 0 Å². The normalized spacial score (nSPS) is 10.4. The molecule has 0 aliphatic heterocycles. The fourth-order valence-electron chi connectivity index (χ4n) is 2.90. The van der Waals surface area contributed by atoms with Crippen LogP contribution in [0.5, 0.6) is 0 Å². The average Bonchev–Trinajstić information content (AvgIpc) is 3.24. The molecule has 0 saturated carbocycles. The van der Waals surface area contributed by atoms with Crippen molar-refractivity contribution < 1.29 is 9.59 Å². The fraction of sp³-hybridized carbons (Fsp3) is 0.250. The van der Waals surface area contributed by atoms with Crippen LogP contribution in [0.3, 0.4) is 0 Å². The van der Waals surface area contributed by atoms with E-state index in [2.05, 4.69) is 21.1 Å². The van der Waals surface area contributed by atoms with Crippen LogP contribution in [0.25, 0.3) is 0 Å². The molecule has 2 aromatic carbocycles. The second-order valence-electron chi connectivity index (χ2n) is 7.01. The molecule has 2 N–H and O–H groups in total. The zero-order valence-corrected chi connectivity index (χ0v) is 20.4. The van der Waals surface area contributed by atoms with Crippen LogP contribution in [0.15, 0.2) is 69.9 Å². The smallest absolute Gasteiger partial charge is 0.230 e. The summed E-state index contributed by atoms with van der Waals surface area (Å²) >= 11 is 3.73. The molecule has 3 rings (SSSR count). The summed E-state index contributed by atoms with van der Waals surface area (Å²) in [6.07, 6.45) is 1.54. The molecule has 1 aromatic heterocycles. The van der Waals surface area contributed by atoms with Gasteiger partial charge in [-0.1, -0.05) is 72.4 Å². The highest BCUT2D eigenvalue weighted by atomic mass is 32.2. The standard InChI is InChI=1S/C24H24N4O2S3/c25-15-20-23(31-16-21(29)26-13-11-18-7-3-1-4-8-18)28-33-24(20)32-17-22(30)27-14-12-19-9-5-2-6-10-19/h1-10H,11-14,16-17H2,(H,26,29)(H,27,30). The van der Waals surface area contributed by atoms with Crippen molar-refractivity contribution in [1.29, 1.82) is 5.26 Å². The number of rotatable bonds is 12. The van der Waals surface area contributed by atoms with E-state index in [4.69, 9.17) is 0 Å². The summed E-state index contributed by atoms with van der Waals surface area (Å²) in [5.41, 5.74) is 2.78. The predicted molar refractivity (Wildman–Crippen MR) is 135 cm³/mol. The number of carbonyl (C=O) groups is 2. The van der Waals surface area contributed by atoms with Crippen LogP contribution >= 0.6 is 35.1 Å². The van der Waals surface area contributed by atoms with Gasteiger partial charge in [0.25, 0.3) is 0 Å². The van der Waals surface area contributed by atoms with E-state index in [-0.39, 0.29) is 23.3 Å². The molecule has 3 aromatic rings. The van der Waals surface area contributed by atoms with Crippen LogP contribution in [-0.4, -0.2) is 40.8 Å². The first-order chi connectivity index (χ1) is 16.2. The molecule has 33 heavy (non-hydrogen) atoms. The average molecular weight is 497 g/mol. The first-order valence-corrected chi connectivity index (χ1v) is 13.2. The van der Waals surface area contributed by atoms with Crippen molar-refractivity contribution in [3.63, 3.8) is 0 Å². The van der Waals surface area contributed by atoms with Gasteiger partial charge in [0.2, 0.25) is 11.8 Å². The third kappa shape index (κ3) is 8.57. The monoisotopic (exact) mass is 496 g/mol. The highest BCUT2D eigenvalue weighted by molar-refractivity contribution is 8.02. The van der Waals surface area contributed by atoms with Crippen LogP contribution < -0.4 is 10.6 Å². The highest BCUT2D eigenvalue weighted by Crippen LogP contribution is 2.34. The zero-order valence-electron chi connectivity index (χ0n) is 18.0. The number of benzene rings is 2. The molecule has 1 heterocycles. The SMILES string of the molecule is N#Cc1c(SCC(=O)NCCc2ccccc2)nsc1SCC(=O)NCCc1ccccc1. The third-order valence-corrected chi connectivity index (χ3v) is 7.76. The largest absolute Gasteiger partial charge is 0.355 e. The van der Waals surface area contributed by atoms with Gasteiger partial charge in [0, 0.05) is 13.1 Å². The first kappa shape index (κ1) is 24.8. The maximum atomic E-state index is 12.1. The lowest BCUT2D eigenvalue weighted by molar-refractivity contribution is -0.119. The van der Waals surface area contributed by atoms with Crippen LogP contribution in [-0.2, 0) is 22.4 Å². The van der Waals surface area contributed by atoms with Crippen molar-refractivity contribution in [2.45, 2.75) is 22.1 Å². The molecule has 0 bridgehead atoms. The van der Waals surface area contributed by atoms with Gasteiger partial charge in [-0.05, 0) is 35.5 Å². The van der Waals surface area contributed by atoms with Gasteiger partial charge in [0.05, 0.1) is 11.5 Å². The Bertz CT molecular complexity index is 1000. The number of hydrogen-bond acceptors (Lipinski definition) is 7. The number of nitriles is 1. The zero-order chi connectivity index (χ0) is 23.3. The van der Waals surface area contributed by atoms with E-state index in [9.17, 15) is 14.9 Å². The Morgan fingerprint density at radius 2 is 1.36 bits per heavy atom. The van der Waals surface area contributed by atoms with Crippen LogP contribution in [0, 0.1) is 11.3 Å². The van der Waals surface area contributed by atoms with Gasteiger partial charge in [-0.3, -0.25) is 9.59 Å². The van der Waals surface area contributed by atoms with Crippen molar-refractivity contribution >= 4 is 46.9 Å². The molecule has 0 spiro atoms. The van der Waals surface area contributed by atoms with Gasteiger partial charge < -0.3 is 10.6 Å². The molecule has 6 nitrogen and oxygen atoms in total. The Morgan fingerprint density at radius 3 is 1.88 bits per heavy atom. The quantitative estimate of drug-likeness (QED) is 0.369. The van der Waals surface area contributed by atoms with Crippen molar-refractivity contribution in [2.75, 3.05) is 24.6 Å².